The van der Waals surface area contributed by atoms with Gasteiger partial charge >= 0.3 is 0 Å². The lowest BCUT2D eigenvalue weighted by atomic mass is 9.73. The molecule has 182 valence electrons. The molecule has 2 aliphatic rings. The number of halogens is 2. The standard InChI is InChI=1S/C27H34Cl2N2O2Si/c1-34(2,3)18-17-33-20-31-25-11-10-23(29)19-24(25)27(26(31)32)12-15-30(16-13-27)14-4-5-21-6-8-22(28)9-7-21/h4-11,19H,12-18,20H2,1-3H3/b5-4+. The minimum absolute atomic E-state index is 0.161. The van der Waals surface area contributed by atoms with Crippen molar-refractivity contribution in [1.29, 1.82) is 0 Å². The summed E-state index contributed by atoms with van der Waals surface area (Å²) in [5.74, 6) is 0.161. The molecule has 4 rings (SSSR count). The Morgan fingerprint density at radius 3 is 2.38 bits per heavy atom. The number of fused-ring (bicyclic) bond motifs is 2. The number of carbonyl (C=O) groups is 1. The Hall–Kier alpha value is -1.63. The lowest BCUT2D eigenvalue weighted by Gasteiger charge is -2.38. The normalized spacial score (nSPS) is 18.3. The molecule has 2 aromatic rings. The van der Waals surface area contributed by atoms with Gasteiger partial charge in [-0.3, -0.25) is 14.6 Å². The minimum Gasteiger partial charge on any atom is -0.361 e. The molecule has 34 heavy (non-hydrogen) atoms. The van der Waals surface area contributed by atoms with Gasteiger partial charge in [0.15, 0.2) is 0 Å². The number of ether oxygens (including phenoxy) is 1. The van der Waals surface area contributed by atoms with Gasteiger partial charge < -0.3 is 4.74 Å². The first-order valence-electron chi connectivity index (χ1n) is 12.0. The second-order valence-corrected chi connectivity index (χ2v) is 17.1. The third kappa shape index (κ3) is 5.77. The van der Waals surface area contributed by atoms with Crippen LogP contribution in [0.15, 0.2) is 48.5 Å². The number of amides is 1. The summed E-state index contributed by atoms with van der Waals surface area (Å²) in [6.07, 6.45) is 5.88. The zero-order chi connectivity index (χ0) is 24.3. The van der Waals surface area contributed by atoms with Crippen molar-refractivity contribution in [1.82, 2.24) is 4.90 Å². The van der Waals surface area contributed by atoms with Crippen LogP contribution in [0.3, 0.4) is 0 Å². The molecule has 0 bridgehead atoms. The number of anilines is 1. The molecular weight excluding hydrogens is 483 g/mol. The third-order valence-corrected chi connectivity index (χ3v) is 9.08. The number of piperidine rings is 1. The summed E-state index contributed by atoms with van der Waals surface area (Å²) >= 11 is 12.3. The van der Waals surface area contributed by atoms with E-state index in [0.717, 1.165) is 60.4 Å². The van der Waals surface area contributed by atoms with Gasteiger partial charge in [-0.1, -0.05) is 67.1 Å². The number of hydrogen-bond acceptors (Lipinski definition) is 3. The molecule has 1 spiro atoms. The van der Waals surface area contributed by atoms with E-state index >= 15 is 0 Å². The van der Waals surface area contributed by atoms with E-state index in [0.29, 0.717) is 18.4 Å². The number of nitrogens with zero attached hydrogens (tertiary/aromatic N) is 2. The van der Waals surface area contributed by atoms with Crippen molar-refractivity contribution in [3.63, 3.8) is 0 Å². The molecular formula is C27H34Cl2N2O2Si. The topological polar surface area (TPSA) is 32.8 Å². The van der Waals surface area contributed by atoms with Crippen LogP contribution in [0.2, 0.25) is 35.7 Å². The second-order valence-electron chi connectivity index (χ2n) is 10.6. The van der Waals surface area contributed by atoms with Crippen LogP contribution < -0.4 is 4.90 Å². The fraction of sp³-hybridized carbons (Fsp3) is 0.444. The minimum atomic E-state index is -1.17. The Morgan fingerprint density at radius 2 is 1.71 bits per heavy atom. The van der Waals surface area contributed by atoms with E-state index in [9.17, 15) is 4.79 Å². The molecule has 1 saturated heterocycles. The van der Waals surface area contributed by atoms with Crippen LogP contribution in [-0.4, -0.2) is 51.9 Å². The molecule has 4 nitrogen and oxygen atoms in total. The van der Waals surface area contributed by atoms with E-state index in [1.807, 2.05) is 47.4 Å². The SMILES string of the molecule is C[Si](C)(C)CCOCN1C(=O)C2(CCN(C/C=C/c3ccc(Cl)cc3)CC2)c2cc(Cl)ccc21. The highest BCUT2D eigenvalue weighted by Crippen LogP contribution is 2.48. The van der Waals surface area contributed by atoms with E-state index in [2.05, 4.69) is 36.7 Å². The zero-order valence-electron chi connectivity index (χ0n) is 20.3. The molecule has 1 fully saturated rings. The fourth-order valence-corrected chi connectivity index (χ4v) is 5.84. The summed E-state index contributed by atoms with van der Waals surface area (Å²) in [4.78, 5) is 18.0. The quantitative estimate of drug-likeness (QED) is 0.289. The van der Waals surface area contributed by atoms with Gasteiger partial charge in [-0.05, 0) is 73.4 Å². The Bertz CT molecular complexity index is 1040. The Kier molecular flexibility index (Phi) is 7.90. The van der Waals surface area contributed by atoms with Gasteiger partial charge in [0, 0.05) is 31.3 Å². The predicted octanol–water partition coefficient (Wildman–Crippen LogP) is 6.70. The van der Waals surface area contributed by atoms with E-state index in [1.54, 1.807) is 0 Å². The van der Waals surface area contributed by atoms with Crippen molar-refractivity contribution < 1.29 is 9.53 Å². The van der Waals surface area contributed by atoms with Crippen molar-refractivity contribution in [2.45, 2.75) is 43.9 Å². The summed E-state index contributed by atoms with van der Waals surface area (Å²) in [5.41, 5.74) is 2.66. The predicted molar refractivity (Wildman–Crippen MR) is 146 cm³/mol. The van der Waals surface area contributed by atoms with Crippen LogP contribution in [0.5, 0.6) is 0 Å². The van der Waals surface area contributed by atoms with E-state index in [4.69, 9.17) is 27.9 Å². The lowest BCUT2D eigenvalue weighted by molar-refractivity contribution is -0.125. The monoisotopic (exact) mass is 516 g/mol. The van der Waals surface area contributed by atoms with Crippen molar-refractivity contribution >= 4 is 48.9 Å². The van der Waals surface area contributed by atoms with Gasteiger partial charge in [0.05, 0.1) is 11.1 Å². The first-order chi connectivity index (χ1) is 16.2. The summed E-state index contributed by atoms with van der Waals surface area (Å²) in [6, 6.07) is 14.8. The smallest absolute Gasteiger partial charge is 0.239 e. The number of hydrogen-bond donors (Lipinski definition) is 0. The highest BCUT2D eigenvalue weighted by Gasteiger charge is 2.52. The first-order valence-corrected chi connectivity index (χ1v) is 16.5. The molecule has 0 aliphatic carbocycles. The number of benzene rings is 2. The van der Waals surface area contributed by atoms with Gasteiger partial charge in [0.2, 0.25) is 5.91 Å². The van der Waals surface area contributed by atoms with Gasteiger partial charge in [-0.2, -0.15) is 0 Å². The average Bonchev–Trinajstić information content (AvgIpc) is 3.01. The lowest BCUT2D eigenvalue weighted by Crippen LogP contribution is -2.49. The molecule has 0 unspecified atom stereocenters. The maximum absolute atomic E-state index is 13.7. The van der Waals surface area contributed by atoms with Crippen LogP contribution in [0.25, 0.3) is 6.08 Å². The first kappa shape index (κ1) is 25.5. The molecule has 0 atom stereocenters. The van der Waals surface area contributed by atoms with Gasteiger partial charge in [-0.25, -0.2) is 0 Å². The molecule has 0 saturated carbocycles. The molecule has 0 aromatic heterocycles. The van der Waals surface area contributed by atoms with Crippen LogP contribution in [0.1, 0.15) is 24.0 Å². The maximum Gasteiger partial charge on any atom is 0.239 e. The van der Waals surface area contributed by atoms with E-state index in [-0.39, 0.29) is 5.91 Å². The van der Waals surface area contributed by atoms with Crippen LogP contribution in [0, 0.1) is 0 Å². The van der Waals surface area contributed by atoms with E-state index in [1.165, 1.54) is 0 Å². The number of carbonyl (C=O) groups excluding carboxylic acids is 1. The molecule has 2 aromatic carbocycles. The van der Waals surface area contributed by atoms with Gasteiger partial charge in [0.25, 0.3) is 0 Å². The summed E-state index contributed by atoms with van der Waals surface area (Å²) < 4.78 is 5.99. The van der Waals surface area contributed by atoms with Crippen molar-refractivity contribution in [2.75, 3.05) is 37.9 Å². The average molecular weight is 518 g/mol. The molecule has 2 heterocycles. The summed E-state index contributed by atoms with van der Waals surface area (Å²) in [5, 5.41) is 1.43. The van der Waals surface area contributed by atoms with Crippen LogP contribution in [-0.2, 0) is 14.9 Å². The van der Waals surface area contributed by atoms with Crippen LogP contribution >= 0.6 is 23.2 Å². The van der Waals surface area contributed by atoms with Gasteiger partial charge in [0.1, 0.15) is 6.73 Å². The molecule has 7 heteroatoms. The summed E-state index contributed by atoms with van der Waals surface area (Å²) in [6.45, 7) is 10.6. The maximum atomic E-state index is 13.7. The highest BCUT2D eigenvalue weighted by atomic mass is 35.5. The second kappa shape index (κ2) is 10.5. The Balaban J connectivity index is 1.41. The van der Waals surface area contributed by atoms with E-state index < -0.39 is 13.5 Å². The summed E-state index contributed by atoms with van der Waals surface area (Å²) in [7, 11) is -1.17. The molecule has 2 aliphatic heterocycles. The third-order valence-electron chi connectivity index (χ3n) is 6.89. The largest absolute Gasteiger partial charge is 0.361 e. The van der Waals surface area contributed by atoms with Crippen molar-refractivity contribution in [3.8, 4) is 0 Å². The molecule has 0 N–H and O–H groups in total. The Labute approximate surface area is 214 Å². The molecule has 0 radical (unpaired) electrons. The molecule has 1 amide bonds. The number of likely N-dealkylation sites (tertiary alicyclic amines) is 1. The fourth-order valence-electron chi connectivity index (χ4n) is 4.78. The van der Waals surface area contributed by atoms with Gasteiger partial charge in [-0.15, -0.1) is 0 Å². The van der Waals surface area contributed by atoms with Crippen molar-refractivity contribution in [2.24, 2.45) is 0 Å². The van der Waals surface area contributed by atoms with Crippen LogP contribution in [0.4, 0.5) is 5.69 Å². The van der Waals surface area contributed by atoms with Crippen molar-refractivity contribution in [3.05, 3.63) is 69.7 Å². The number of rotatable bonds is 8. The zero-order valence-corrected chi connectivity index (χ0v) is 22.8. The Morgan fingerprint density at radius 1 is 1.03 bits per heavy atom. The highest BCUT2D eigenvalue weighted by molar-refractivity contribution is 6.76.